The van der Waals surface area contributed by atoms with Crippen molar-refractivity contribution >= 4 is 5.91 Å². The van der Waals surface area contributed by atoms with Crippen LogP contribution < -0.4 is 5.32 Å². The molecule has 0 saturated carbocycles. The van der Waals surface area contributed by atoms with Crippen LogP contribution in [-0.2, 0) is 9.53 Å². The summed E-state index contributed by atoms with van der Waals surface area (Å²) in [6.45, 7) is 3.18. The first-order valence-electron chi connectivity index (χ1n) is 5.17. The lowest BCUT2D eigenvalue weighted by Crippen LogP contribution is -2.40. The maximum atomic E-state index is 11.4. The van der Waals surface area contributed by atoms with Crippen LogP contribution in [-0.4, -0.2) is 51.2 Å². The van der Waals surface area contributed by atoms with Gasteiger partial charge in [0.25, 0.3) is 0 Å². The molecular weight excluding hydrogens is 180 g/mol. The molecule has 0 aromatic heterocycles. The van der Waals surface area contributed by atoms with Crippen LogP contribution in [0.15, 0.2) is 0 Å². The Morgan fingerprint density at radius 3 is 3.00 bits per heavy atom. The molecule has 1 fully saturated rings. The topological polar surface area (TPSA) is 41.6 Å². The monoisotopic (exact) mass is 200 g/mol. The van der Waals surface area contributed by atoms with Gasteiger partial charge in [-0.15, -0.1) is 0 Å². The first kappa shape index (κ1) is 11.5. The fourth-order valence-corrected chi connectivity index (χ4v) is 1.80. The number of likely N-dealkylation sites (N-methyl/N-ethyl adjacent to an activating group) is 1. The van der Waals surface area contributed by atoms with Crippen molar-refractivity contribution in [2.24, 2.45) is 5.92 Å². The zero-order valence-corrected chi connectivity index (χ0v) is 9.08. The molecule has 0 aromatic rings. The third-order valence-electron chi connectivity index (χ3n) is 2.62. The highest BCUT2D eigenvalue weighted by Crippen LogP contribution is 2.10. The summed E-state index contributed by atoms with van der Waals surface area (Å²) in [4.78, 5) is 13.2. The van der Waals surface area contributed by atoms with E-state index in [2.05, 4.69) is 5.32 Å². The number of methoxy groups -OCH3 is 1. The lowest BCUT2D eigenvalue weighted by molar-refractivity contribution is -0.134. The van der Waals surface area contributed by atoms with Crippen LogP contribution in [0.1, 0.15) is 12.8 Å². The van der Waals surface area contributed by atoms with Gasteiger partial charge in [-0.25, -0.2) is 0 Å². The molecule has 1 atom stereocenters. The zero-order valence-electron chi connectivity index (χ0n) is 9.08. The first-order chi connectivity index (χ1) is 6.74. The van der Waals surface area contributed by atoms with E-state index in [1.54, 1.807) is 12.0 Å². The minimum atomic E-state index is 0.0677. The van der Waals surface area contributed by atoms with E-state index in [9.17, 15) is 4.79 Å². The van der Waals surface area contributed by atoms with Crippen molar-refractivity contribution in [1.82, 2.24) is 10.2 Å². The van der Waals surface area contributed by atoms with Gasteiger partial charge >= 0.3 is 0 Å². The molecule has 4 nitrogen and oxygen atoms in total. The Balaban J connectivity index is 2.24. The highest BCUT2D eigenvalue weighted by atomic mass is 16.5. The van der Waals surface area contributed by atoms with Crippen LogP contribution in [0.5, 0.6) is 0 Å². The summed E-state index contributed by atoms with van der Waals surface area (Å²) < 4.78 is 4.81. The van der Waals surface area contributed by atoms with Crippen molar-refractivity contribution in [2.75, 3.05) is 40.4 Å². The maximum Gasteiger partial charge on any atom is 0.248 e. The molecule has 1 rings (SSSR count). The average Bonchev–Trinajstić information content (AvgIpc) is 2.19. The second-order valence-electron chi connectivity index (χ2n) is 3.92. The van der Waals surface area contributed by atoms with E-state index in [4.69, 9.17) is 4.74 Å². The van der Waals surface area contributed by atoms with Crippen LogP contribution in [0.2, 0.25) is 0 Å². The van der Waals surface area contributed by atoms with E-state index in [1.165, 1.54) is 12.8 Å². The fourth-order valence-electron chi connectivity index (χ4n) is 1.80. The quantitative estimate of drug-likeness (QED) is 0.699. The van der Waals surface area contributed by atoms with Crippen LogP contribution in [0.25, 0.3) is 0 Å². The summed E-state index contributed by atoms with van der Waals surface area (Å²) in [6.07, 6.45) is 2.44. The SMILES string of the molecule is COCC(=O)N(C)CC1CCCNC1. The Labute approximate surface area is 85.6 Å². The zero-order chi connectivity index (χ0) is 10.4. The molecule has 0 aromatic carbocycles. The fraction of sp³-hybridized carbons (Fsp3) is 0.900. The largest absolute Gasteiger partial charge is 0.375 e. The number of rotatable bonds is 4. The molecule has 1 heterocycles. The van der Waals surface area contributed by atoms with Gasteiger partial charge in [-0.05, 0) is 31.8 Å². The molecule has 14 heavy (non-hydrogen) atoms. The van der Waals surface area contributed by atoms with Gasteiger partial charge in [0.1, 0.15) is 6.61 Å². The third kappa shape index (κ3) is 3.64. The predicted octanol–water partition coefficient (Wildman–Crippen LogP) is 0.0908. The average molecular weight is 200 g/mol. The van der Waals surface area contributed by atoms with E-state index in [1.807, 2.05) is 7.05 Å². The highest BCUT2D eigenvalue weighted by molar-refractivity contribution is 5.77. The predicted molar refractivity (Wildman–Crippen MR) is 55.1 cm³/mol. The Morgan fingerprint density at radius 1 is 1.64 bits per heavy atom. The molecule has 1 saturated heterocycles. The third-order valence-corrected chi connectivity index (χ3v) is 2.62. The van der Waals surface area contributed by atoms with Gasteiger partial charge in [0.15, 0.2) is 0 Å². The van der Waals surface area contributed by atoms with Crippen LogP contribution in [0.4, 0.5) is 0 Å². The van der Waals surface area contributed by atoms with Crippen LogP contribution in [0, 0.1) is 5.92 Å². The van der Waals surface area contributed by atoms with Crippen LogP contribution in [0.3, 0.4) is 0 Å². The number of amides is 1. The number of piperidine rings is 1. The molecule has 0 bridgehead atoms. The van der Waals surface area contributed by atoms with Gasteiger partial charge < -0.3 is 15.0 Å². The van der Waals surface area contributed by atoms with E-state index < -0.39 is 0 Å². The van der Waals surface area contributed by atoms with Gasteiger partial charge in [0, 0.05) is 20.7 Å². The molecule has 0 spiro atoms. The van der Waals surface area contributed by atoms with Crippen molar-refractivity contribution in [1.29, 1.82) is 0 Å². The molecule has 1 aliphatic rings. The molecule has 1 aliphatic heterocycles. The molecule has 1 amide bonds. The first-order valence-corrected chi connectivity index (χ1v) is 5.17. The number of ether oxygens (including phenoxy) is 1. The molecule has 4 heteroatoms. The second kappa shape index (κ2) is 5.98. The molecule has 0 radical (unpaired) electrons. The number of carbonyl (C=O) groups excluding carboxylic acids is 1. The number of nitrogens with zero attached hydrogens (tertiary/aromatic N) is 1. The van der Waals surface area contributed by atoms with Gasteiger partial charge in [-0.1, -0.05) is 0 Å². The van der Waals surface area contributed by atoms with E-state index in [-0.39, 0.29) is 12.5 Å². The summed E-state index contributed by atoms with van der Waals surface area (Å²) in [5, 5.41) is 3.34. The minimum Gasteiger partial charge on any atom is -0.375 e. The highest BCUT2D eigenvalue weighted by Gasteiger charge is 2.17. The van der Waals surface area contributed by atoms with Gasteiger partial charge in [0.2, 0.25) is 5.91 Å². The minimum absolute atomic E-state index is 0.0677. The summed E-state index contributed by atoms with van der Waals surface area (Å²) >= 11 is 0. The van der Waals surface area contributed by atoms with Crippen molar-refractivity contribution in [3.05, 3.63) is 0 Å². The van der Waals surface area contributed by atoms with Gasteiger partial charge in [-0.2, -0.15) is 0 Å². The van der Waals surface area contributed by atoms with Crippen molar-refractivity contribution in [3.8, 4) is 0 Å². The Kier molecular flexibility index (Phi) is 4.90. The molecule has 1 N–H and O–H groups in total. The summed E-state index contributed by atoms with van der Waals surface area (Å²) in [6, 6.07) is 0. The Hall–Kier alpha value is -0.610. The standard InChI is InChI=1S/C10H20N2O2/c1-12(10(13)8-14-2)7-9-4-3-5-11-6-9/h9,11H,3-8H2,1-2H3. The number of hydrogen-bond donors (Lipinski definition) is 1. The lowest BCUT2D eigenvalue weighted by atomic mass is 9.99. The molecule has 1 unspecified atom stereocenters. The Bertz CT molecular complexity index is 179. The number of hydrogen-bond acceptors (Lipinski definition) is 3. The maximum absolute atomic E-state index is 11.4. The van der Waals surface area contributed by atoms with Crippen LogP contribution >= 0.6 is 0 Å². The molecule has 82 valence electrons. The lowest BCUT2D eigenvalue weighted by Gasteiger charge is -2.27. The second-order valence-corrected chi connectivity index (χ2v) is 3.92. The summed E-state index contributed by atoms with van der Waals surface area (Å²) in [5.74, 6) is 0.674. The normalized spacial score (nSPS) is 22.0. The molecular formula is C10H20N2O2. The van der Waals surface area contributed by atoms with Gasteiger partial charge in [-0.3, -0.25) is 4.79 Å². The smallest absolute Gasteiger partial charge is 0.248 e. The van der Waals surface area contributed by atoms with Crippen molar-refractivity contribution in [2.45, 2.75) is 12.8 Å². The summed E-state index contributed by atoms with van der Waals surface area (Å²) in [5.41, 5.74) is 0. The van der Waals surface area contributed by atoms with Crippen molar-refractivity contribution < 1.29 is 9.53 Å². The van der Waals surface area contributed by atoms with Crippen molar-refractivity contribution in [3.63, 3.8) is 0 Å². The molecule has 0 aliphatic carbocycles. The number of nitrogens with one attached hydrogen (secondary N) is 1. The summed E-state index contributed by atoms with van der Waals surface area (Å²) in [7, 11) is 3.39. The Morgan fingerprint density at radius 2 is 2.43 bits per heavy atom. The van der Waals surface area contributed by atoms with Gasteiger partial charge in [0.05, 0.1) is 0 Å². The van der Waals surface area contributed by atoms with E-state index in [0.717, 1.165) is 19.6 Å². The number of carbonyl (C=O) groups is 1. The van der Waals surface area contributed by atoms with E-state index in [0.29, 0.717) is 5.92 Å². The van der Waals surface area contributed by atoms with E-state index >= 15 is 0 Å².